The van der Waals surface area contributed by atoms with Crippen LogP contribution < -0.4 is 5.73 Å². The average Bonchev–Trinajstić information content (AvgIpc) is 2.21. The number of nitrogen functional groups attached to an aromatic ring is 1. The monoisotopic (exact) mass is 219 g/mol. The summed E-state index contributed by atoms with van der Waals surface area (Å²) in [6.45, 7) is 0. The molecule has 1 aromatic carbocycles. The fourth-order valence-corrected chi connectivity index (χ4v) is 1.03. The zero-order chi connectivity index (χ0) is 11.6. The molecule has 82 valence electrons. The first-order chi connectivity index (χ1) is 6.97. The molecule has 0 unspecified atom stereocenters. The van der Waals surface area contributed by atoms with E-state index in [0.29, 0.717) is 6.07 Å². The van der Waals surface area contributed by atoms with E-state index in [4.69, 9.17) is 5.73 Å². The summed E-state index contributed by atoms with van der Waals surface area (Å²) in [6, 6.07) is 0.622. The molecule has 0 bridgehead atoms. The summed E-state index contributed by atoms with van der Waals surface area (Å²) in [5, 5.41) is 0. The van der Waals surface area contributed by atoms with Crippen LogP contribution >= 0.6 is 0 Å². The van der Waals surface area contributed by atoms with E-state index in [0.717, 1.165) is 7.11 Å². The van der Waals surface area contributed by atoms with Gasteiger partial charge in [-0.3, -0.25) is 4.79 Å². The van der Waals surface area contributed by atoms with Gasteiger partial charge in [-0.05, 0) is 0 Å². The van der Waals surface area contributed by atoms with Gasteiger partial charge >= 0.3 is 5.97 Å². The highest BCUT2D eigenvalue weighted by atomic mass is 19.2. The number of hydrogen-bond acceptors (Lipinski definition) is 3. The number of ether oxygens (including phenoxy) is 1. The van der Waals surface area contributed by atoms with Gasteiger partial charge in [-0.25, -0.2) is 13.2 Å². The Morgan fingerprint density at radius 3 is 2.53 bits per heavy atom. The zero-order valence-electron chi connectivity index (χ0n) is 7.81. The van der Waals surface area contributed by atoms with Crippen molar-refractivity contribution in [3.05, 3.63) is 29.1 Å². The first kappa shape index (κ1) is 11.4. The van der Waals surface area contributed by atoms with E-state index in [-0.39, 0.29) is 0 Å². The molecule has 0 aliphatic rings. The highest BCUT2D eigenvalue weighted by molar-refractivity contribution is 5.72. The molecule has 0 heterocycles. The average molecular weight is 219 g/mol. The van der Waals surface area contributed by atoms with Gasteiger partial charge in [-0.2, -0.15) is 0 Å². The number of benzene rings is 1. The lowest BCUT2D eigenvalue weighted by Crippen LogP contribution is -2.10. The van der Waals surface area contributed by atoms with Crippen LogP contribution in [0, 0.1) is 17.5 Å². The van der Waals surface area contributed by atoms with Crippen LogP contribution in [0.4, 0.5) is 18.9 Å². The van der Waals surface area contributed by atoms with Crippen molar-refractivity contribution >= 4 is 11.7 Å². The minimum Gasteiger partial charge on any atom is -0.469 e. The number of hydrogen-bond donors (Lipinski definition) is 1. The fraction of sp³-hybridized carbons (Fsp3) is 0.222. The molecule has 0 aliphatic carbocycles. The summed E-state index contributed by atoms with van der Waals surface area (Å²) in [4.78, 5) is 10.8. The second-order valence-electron chi connectivity index (χ2n) is 2.81. The van der Waals surface area contributed by atoms with Gasteiger partial charge in [0.1, 0.15) is 5.82 Å². The SMILES string of the molecule is COC(=O)Cc1c(F)cc(N)c(F)c1F. The Morgan fingerprint density at radius 2 is 2.00 bits per heavy atom. The molecular weight excluding hydrogens is 211 g/mol. The van der Waals surface area contributed by atoms with Crippen molar-refractivity contribution in [2.75, 3.05) is 12.8 Å². The quantitative estimate of drug-likeness (QED) is 0.464. The topological polar surface area (TPSA) is 52.3 Å². The molecule has 0 atom stereocenters. The summed E-state index contributed by atoms with van der Waals surface area (Å²) in [5.41, 5.74) is 3.66. The number of rotatable bonds is 2. The van der Waals surface area contributed by atoms with Gasteiger partial charge in [0.05, 0.1) is 19.2 Å². The van der Waals surface area contributed by atoms with Gasteiger partial charge in [0.25, 0.3) is 0 Å². The van der Waals surface area contributed by atoms with Crippen molar-refractivity contribution in [2.45, 2.75) is 6.42 Å². The molecule has 0 saturated heterocycles. The standard InChI is InChI=1S/C9H8F3NO2/c1-15-7(14)2-4-5(10)3-6(13)9(12)8(4)11/h3H,2,13H2,1H3. The lowest BCUT2D eigenvalue weighted by molar-refractivity contribution is -0.139. The lowest BCUT2D eigenvalue weighted by atomic mass is 10.1. The lowest BCUT2D eigenvalue weighted by Gasteiger charge is -2.06. The highest BCUT2D eigenvalue weighted by Crippen LogP contribution is 2.22. The predicted octanol–water partition coefficient (Wildman–Crippen LogP) is 1.40. The maximum Gasteiger partial charge on any atom is 0.310 e. The minimum atomic E-state index is -1.46. The van der Waals surface area contributed by atoms with Crippen molar-refractivity contribution in [3.8, 4) is 0 Å². The van der Waals surface area contributed by atoms with Gasteiger partial charge in [-0.1, -0.05) is 0 Å². The third-order valence-electron chi connectivity index (χ3n) is 1.83. The van der Waals surface area contributed by atoms with Crippen LogP contribution in [-0.4, -0.2) is 13.1 Å². The summed E-state index contributed by atoms with van der Waals surface area (Å²) < 4.78 is 43.3. The molecule has 0 saturated carbocycles. The van der Waals surface area contributed by atoms with Crippen LogP contribution in [0.15, 0.2) is 6.07 Å². The molecule has 2 N–H and O–H groups in total. The van der Waals surface area contributed by atoms with E-state index >= 15 is 0 Å². The molecule has 0 aromatic heterocycles. The van der Waals surface area contributed by atoms with Crippen molar-refractivity contribution in [3.63, 3.8) is 0 Å². The Kier molecular flexibility index (Phi) is 3.18. The molecule has 3 nitrogen and oxygen atoms in total. The normalized spacial score (nSPS) is 10.1. The molecular formula is C9H8F3NO2. The molecule has 1 aromatic rings. The van der Waals surface area contributed by atoms with Gasteiger partial charge < -0.3 is 10.5 Å². The maximum absolute atomic E-state index is 13.1. The maximum atomic E-state index is 13.1. The largest absolute Gasteiger partial charge is 0.469 e. The van der Waals surface area contributed by atoms with E-state index in [9.17, 15) is 18.0 Å². The smallest absolute Gasteiger partial charge is 0.310 e. The van der Waals surface area contributed by atoms with E-state index in [1.807, 2.05) is 0 Å². The molecule has 15 heavy (non-hydrogen) atoms. The van der Waals surface area contributed by atoms with E-state index in [1.165, 1.54) is 0 Å². The summed E-state index contributed by atoms with van der Waals surface area (Å²) >= 11 is 0. The highest BCUT2D eigenvalue weighted by Gasteiger charge is 2.19. The summed E-state index contributed by atoms with van der Waals surface area (Å²) in [5.74, 6) is -4.76. The van der Waals surface area contributed by atoms with Gasteiger partial charge in [0, 0.05) is 11.6 Å². The van der Waals surface area contributed by atoms with Crippen molar-refractivity contribution in [1.82, 2.24) is 0 Å². The fourth-order valence-electron chi connectivity index (χ4n) is 1.03. The molecule has 0 spiro atoms. The second-order valence-corrected chi connectivity index (χ2v) is 2.81. The molecule has 0 amide bonds. The van der Waals surface area contributed by atoms with Gasteiger partial charge in [-0.15, -0.1) is 0 Å². The number of nitrogens with two attached hydrogens (primary N) is 1. The number of anilines is 1. The zero-order valence-corrected chi connectivity index (χ0v) is 7.81. The van der Waals surface area contributed by atoms with Crippen LogP contribution in [-0.2, 0) is 16.0 Å². The van der Waals surface area contributed by atoms with Crippen LogP contribution in [0.2, 0.25) is 0 Å². The van der Waals surface area contributed by atoms with Gasteiger partial charge in [0.15, 0.2) is 11.6 Å². The molecule has 0 fully saturated rings. The van der Waals surface area contributed by atoms with Crippen molar-refractivity contribution in [1.29, 1.82) is 0 Å². The Morgan fingerprint density at radius 1 is 1.40 bits per heavy atom. The number of esters is 1. The van der Waals surface area contributed by atoms with Crippen LogP contribution in [0.1, 0.15) is 5.56 Å². The number of carbonyl (C=O) groups excluding carboxylic acids is 1. The number of carbonyl (C=O) groups is 1. The summed E-state index contributed by atoms with van der Waals surface area (Å²) in [7, 11) is 1.06. The van der Waals surface area contributed by atoms with E-state index in [1.54, 1.807) is 0 Å². The predicted molar refractivity (Wildman–Crippen MR) is 46.4 cm³/mol. The third-order valence-corrected chi connectivity index (χ3v) is 1.83. The van der Waals surface area contributed by atoms with Crippen molar-refractivity contribution in [2.24, 2.45) is 0 Å². The molecule has 6 heteroatoms. The first-order valence-electron chi connectivity index (χ1n) is 3.96. The second kappa shape index (κ2) is 4.20. The molecule has 0 aliphatic heterocycles. The van der Waals surface area contributed by atoms with Gasteiger partial charge in [0.2, 0.25) is 0 Å². The summed E-state index contributed by atoms with van der Waals surface area (Å²) in [6.07, 6.45) is -0.675. The Bertz CT molecular complexity index is 407. The minimum absolute atomic E-state index is 0.622. The van der Waals surface area contributed by atoms with E-state index < -0.39 is 41.1 Å². The third kappa shape index (κ3) is 2.20. The van der Waals surface area contributed by atoms with Crippen molar-refractivity contribution < 1.29 is 22.7 Å². The van der Waals surface area contributed by atoms with Crippen LogP contribution in [0.3, 0.4) is 0 Å². The Labute approximate surface area is 83.6 Å². The van der Waals surface area contributed by atoms with E-state index in [2.05, 4.69) is 4.74 Å². The first-order valence-corrected chi connectivity index (χ1v) is 3.96. The number of methoxy groups -OCH3 is 1. The molecule has 1 rings (SSSR count). The Hall–Kier alpha value is -1.72. The van der Waals surface area contributed by atoms with Crippen LogP contribution in [0.5, 0.6) is 0 Å². The molecule has 0 radical (unpaired) electrons. The Balaban J connectivity index is 3.18. The number of halogens is 3. The van der Waals surface area contributed by atoms with Crippen LogP contribution in [0.25, 0.3) is 0 Å².